The number of phenols is 1. The minimum Gasteiger partial charge on any atom is -0.508 e. The topological polar surface area (TPSA) is 81.7 Å². The van der Waals surface area contributed by atoms with Crippen LogP contribution in [0.3, 0.4) is 0 Å². The molecular formula is C19H18FN3O3. The summed E-state index contributed by atoms with van der Waals surface area (Å²) in [6.07, 6.45) is 2.61. The van der Waals surface area contributed by atoms with Crippen molar-refractivity contribution < 1.29 is 19.1 Å². The highest BCUT2D eigenvalue weighted by Gasteiger charge is 2.18. The maximum atomic E-state index is 12.9. The largest absolute Gasteiger partial charge is 0.508 e. The fraction of sp³-hybridized carbons (Fsp3) is 0.158. The van der Waals surface area contributed by atoms with E-state index in [1.54, 1.807) is 17.0 Å². The summed E-state index contributed by atoms with van der Waals surface area (Å²) in [6.45, 7) is 0.916. The van der Waals surface area contributed by atoms with Gasteiger partial charge < -0.3 is 10.0 Å². The molecule has 0 unspecified atom stereocenters. The molecule has 7 heteroatoms. The van der Waals surface area contributed by atoms with E-state index >= 15 is 0 Å². The number of amides is 3. The highest BCUT2D eigenvalue weighted by Crippen LogP contribution is 2.23. The molecule has 6 nitrogen and oxygen atoms in total. The maximum absolute atomic E-state index is 12.9. The van der Waals surface area contributed by atoms with Crippen LogP contribution in [0.5, 0.6) is 5.75 Å². The van der Waals surface area contributed by atoms with Crippen LogP contribution in [0.2, 0.25) is 0 Å². The van der Waals surface area contributed by atoms with E-state index in [1.165, 1.54) is 24.3 Å². The van der Waals surface area contributed by atoms with Gasteiger partial charge in [0, 0.05) is 18.7 Å². The molecule has 26 heavy (non-hydrogen) atoms. The lowest BCUT2D eigenvalue weighted by Gasteiger charge is -2.26. The molecule has 1 heterocycles. The first-order valence-electron chi connectivity index (χ1n) is 8.12. The summed E-state index contributed by atoms with van der Waals surface area (Å²) in [5.74, 6) is -0.742. The quantitative estimate of drug-likeness (QED) is 0.725. The van der Waals surface area contributed by atoms with Gasteiger partial charge in [0.05, 0.1) is 0 Å². The zero-order chi connectivity index (χ0) is 18.5. The first kappa shape index (κ1) is 17.5. The number of halogens is 1. The molecule has 0 saturated heterocycles. The van der Waals surface area contributed by atoms with Crippen LogP contribution in [-0.4, -0.2) is 35.0 Å². The van der Waals surface area contributed by atoms with E-state index in [2.05, 4.69) is 10.9 Å². The summed E-state index contributed by atoms with van der Waals surface area (Å²) < 4.78 is 12.9. The molecular weight excluding hydrogens is 337 g/mol. The Morgan fingerprint density at radius 2 is 1.69 bits per heavy atom. The summed E-state index contributed by atoms with van der Waals surface area (Å²) in [5, 5.41) is 9.34. The number of nitrogens with zero attached hydrogens (tertiary/aromatic N) is 1. The van der Waals surface area contributed by atoms with Crippen molar-refractivity contribution in [3.8, 4) is 5.75 Å². The van der Waals surface area contributed by atoms with E-state index in [0.717, 1.165) is 11.1 Å². The normalized spacial score (nSPS) is 13.7. The fourth-order valence-corrected chi connectivity index (χ4v) is 2.65. The molecule has 0 atom stereocenters. The van der Waals surface area contributed by atoms with Crippen molar-refractivity contribution in [3.63, 3.8) is 0 Å². The van der Waals surface area contributed by atoms with Crippen LogP contribution in [0.15, 0.2) is 54.6 Å². The van der Waals surface area contributed by atoms with Crippen molar-refractivity contribution in [2.75, 3.05) is 13.1 Å². The Kier molecular flexibility index (Phi) is 5.17. The molecule has 0 bridgehead atoms. The first-order valence-corrected chi connectivity index (χ1v) is 8.12. The second-order valence-corrected chi connectivity index (χ2v) is 5.86. The van der Waals surface area contributed by atoms with Crippen LogP contribution in [0.4, 0.5) is 9.18 Å². The third-order valence-corrected chi connectivity index (χ3v) is 4.12. The number of phenolic OH excluding ortho intramolecular Hbond substituents is 1. The summed E-state index contributed by atoms with van der Waals surface area (Å²) in [5.41, 5.74) is 7.03. The molecule has 3 rings (SSSR count). The lowest BCUT2D eigenvalue weighted by atomic mass is 9.99. The van der Waals surface area contributed by atoms with Gasteiger partial charge in [0.15, 0.2) is 0 Å². The Hall–Kier alpha value is -3.35. The second kappa shape index (κ2) is 7.69. The van der Waals surface area contributed by atoms with Crippen molar-refractivity contribution >= 4 is 17.5 Å². The molecule has 0 spiro atoms. The van der Waals surface area contributed by atoms with Crippen LogP contribution < -0.4 is 10.9 Å². The van der Waals surface area contributed by atoms with Crippen molar-refractivity contribution in [2.45, 2.75) is 6.42 Å². The smallest absolute Gasteiger partial charge is 0.336 e. The Labute approximate surface area is 149 Å². The van der Waals surface area contributed by atoms with Gasteiger partial charge in [-0.25, -0.2) is 14.6 Å². The first-order chi connectivity index (χ1) is 12.5. The number of benzene rings is 2. The fourth-order valence-electron chi connectivity index (χ4n) is 2.65. The number of hydrogen-bond donors (Lipinski definition) is 3. The number of carbonyl (C=O) groups is 2. The van der Waals surface area contributed by atoms with Crippen molar-refractivity contribution in [3.05, 3.63) is 71.6 Å². The molecule has 134 valence electrons. The zero-order valence-corrected chi connectivity index (χ0v) is 13.9. The van der Waals surface area contributed by atoms with Crippen LogP contribution in [0, 0.1) is 5.82 Å². The third kappa shape index (κ3) is 4.18. The minimum atomic E-state index is -0.518. The number of rotatable bonds is 2. The van der Waals surface area contributed by atoms with Gasteiger partial charge >= 0.3 is 6.03 Å². The Bertz CT molecular complexity index is 832. The van der Waals surface area contributed by atoms with E-state index in [0.29, 0.717) is 19.5 Å². The third-order valence-electron chi connectivity index (χ3n) is 4.12. The number of nitrogens with one attached hydrogen (secondary N) is 2. The summed E-state index contributed by atoms with van der Waals surface area (Å²) in [7, 11) is 0. The van der Waals surface area contributed by atoms with Gasteiger partial charge in [-0.1, -0.05) is 18.2 Å². The molecule has 0 aliphatic carbocycles. The number of carbonyl (C=O) groups excluding carboxylic acids is 2. The lowest BCUT2D eigenvalue weighted by molar-refractivity contribution is 0.0930. The van der Waals surface area contributed by atoms with E-state index in [-0.39, 0.29) is 11.3 Å². The maximum Gasteiger partial charge on any atom is 0.336 e. The molecule has 2 aromatic rings. The monoisotopic (exact) mass is 355 g/mol. The molecule has 0 saturated carbocycles. The van der Waals surface area contributed by atoms with Gasteiger partial charge in [-0.05, 0) is 54.0 Å². The van der Waals surface area contributed by atoms with Crippen LogP contribution in [0.25, 0.3) is 5.57 Å². The summed E-state index contributed by atoms with van der Waals surface area (Å²) in [4.78, 5) is 25.6. The number of urea groups is 1. The molecule has 0 aromatic heterocycles. The van der Waals surface area contributed by atoms with Crippen molar-refractivity contribution in [1.82, 2.24) is 15.8 Å². The van der Waals surface area contributed by atoms with Gasteiger partial charge in [-0.3, -0.25) is 10.2 Å². The highest BCUT2D eigenvalue weighted by molar-refractivity contribution is 5.95. The van der Waals surface area contributed by atoms with Gasteiger partial charge in [0.1, 0.15) is 11.6 Å². The minimum absolute atomic E-state index is 0.211. The number of hydrazine groups is 1. The summed E-state index contributed by atoms with van der Waals surface area (Å²) >= 11 is 0. The van der Waals surface area contributed by atoms with Crippen LogP contribution >= 0.6 is 0 Å². The average molecular weight is 355 g/mol. The number of aromatic hydroxyl groups is 1. The standard InChI is InChI=1S/C19H18FN3O3/c20-16-5-1-15(2-6-16)18(25)21-22-19(26)23-11-9-14(10-12-23)13-3-7-17(24)8-4-13/h1-9,24H,10-12H2,(H,21,25)(H,22,26). The predicted octanol–water partition coefficient (Wildman–Crippen LogP) is 2.68. The Morgan fingerprint density at radius 3 is 2.31 bits per heavy atom. The predicted molar refractivity (Wildman–Crippen MR) is 94.7 cm³/mol. The van der Waals surface area contributed by atoms with Gasteiger partial charge in [-0.2, -0.15) is 0 Å². The molecule has 3 N–H and O–H groups in total. The molecule has 2 aromatic carbocycles. The molecule has 3 amide bonds. The highest BCUT2D eigenvalue weighted by atomic mass is 19.1. The second-order valence-electron chi connectivity index (χ2n) is 5.86. The lowest BCUT2D eigenvalue weighted by Crippen LogP contribution is -2.49. The van der Waals surface area contributed by atoms with Crippen LogP contribution in [-0.2, 0) is 0 Å². The van der Waals surface area contributed by atoms with Crippen molar-refractivity contribution in [2.24, 2.45) is 0 Å². The molecule has 1 aliphatic rings. The van der Waals surface area contributed by atoms with Gasteiger partial charge in [0.25, 0.3) is 5.91 Å². The number of hydrogen-bond acceptors (Lipinski definition) is 3. The molecule has 0 radical (unpaired) electrons. The van der Waals surface area contributed by atoms with Crippen LogP contribution in [0.1, 0.15) is 22.3 Å². The van der Waals surface area contributed by atoms with Gasteiger partial charge in [0.2, 0.25) is 0 Å². The Morgan fingerprint density at radius 1 is 1.00 bits per heavy atom. The van der Waals surface area contributed by atoms with E-state index < -0.39 is 17.8 Å². The van der Waals surface area contributed by atoms with E-state index in [9.17, 15) is 19.1 Å². The summed E-state index contributed by atoms with van der Waals surface area (Å²) in [6, 6.07) is 11.5. The van der Waals surface area contributed by atoms with Gasteiger partial charge in [-0.15, -0.1) is 0 Å². The van der Waals surface area contributed by atoms with E-state index in [4.69, 9.17) is 0 Å². The Balaban J connectivity index is 1.52. The van der Waals surface area contributed by atoms with Crippen molar-refractivity contribution in [1.29, 1.82) is 0 Å². The SMILES string of the molecule is O=C(NNC(=O)N1CC=C(c2ccc(O)cc2)CC1)c1ccc(F)cc1. The molecule has 1 aliphatic heterocycles. The van der Waals surface area contributed by atoms with E-state index in [1.807, 2.05) is 18.2 Å². The molecule has 0 fully saturated rings. The zero-order valence-electron chi connectivity index (χ0n) is 13.9. The average Bonchev–Trinajstić information content (AvgIpc) is 2.67.